The van der Waals surface area contributed by atoms with Crippen molar-refractivity contribution in [2.24, 2.45) is 0 Å². The average molecular weight is 341 g/mol. The molecule has 25 heavy (non-hydrogen) atoms. The number of hydrogen-bond acceptors (Lipinski definition) is 4. The van der Waals surface area contributed by atoms with Crippen LogP contribution in [0.3, 0.4) is 0 Å². The first kappa shape index (κ1) is 16.8. The van der Waals surface area contributed by atoms with Crippen molar-refractivity contribution >= 4 is 0 Å². The van der Waals surface area contributed by atoms with Gasteiger partial charge in [-0.05, 0) is 44.2 Å². The van der Waals surface area contributed by atoms with E-state index in [2.05, 4.69) is 39.1 Å². The quantitative estimate of drug-likeness (QED) is 0.929. The van der Waals surface area contributed by atoms with E-state index in [0.717, 1.165) is 57.9 Å². The molecule has 2 aromatic rings. The Kier molecular flexibility index (Phi) is 4.88. The van der Waals surface area contributed by atoms with E-state index >= 15 is 0 Å². The Hall–Kier alpha value is -1.69. The summed E-state index contributed by atoms with van der Waals surface area (Å²) in [5.41, 5.74) is 2.54. The van der Waals surface area contributed by atoms with Gasteiger partial charge in [0.15, 0.2) is 0 Å². The van der Waals surface area contributed by atoms with Crippen LogP contribution in [0.5, 0.6) is 0 Å². The molecule has 2 aliphatic heterocycles. The van der Waals surface area contributed by atoms with E-state index in [9.17, 15) is 0 Å². The van der Waals surface area contributed by atoms with Crippen molar-refractivity contribution in [2.75, 3.05) is 19.8 Å². The predicted octanol–water partition coefficient (Wildman–Crippen LogP) is 3.00. The molecule has 3 heterocycles. The molecule has 134 valence electrons. The Morgan fingerprint density at radius 1 is 1.24 bits per heavy atom. The summed E-state index contributed by atoms with van der Waals surface area (Å²) in [6.07, 6.45) is 8.09. The molecule has 5 nitrogen and oxygen atoms in total. The first-order valence-corrected chi connectivity index (χ1v) is 9.29. The molecule has 1 unspecified atom stereocenters. The molecule has 2 saturated heterocycles. The number of aromatic nitrogens is 2. The number of benzene rings is 1. The van der Waals surface area contributed by atoms with Crippen molar-refractivity contribution in [3.8, 4) is 5.69 Å². The molecule has 1 spiro atoms. The Labute approximate surface area is 149 Å². The Morgan fingerprint density at radius 3 is 2.88 bits per heavy atom. The number of hydrogen-bond donors (Lipinski definition) is 1. The second-order valence-corrected chi connectivity index (χ2v) is 7.19. The van der Waals surface area contributed by atoms with Gasteiger partial charge in [0.2, 0.25) is 0 Å². The van der Waals surface area contributed by atoms with E-state index in [-0.39, 0.29) is 5.60 Å². The first-order valence-electron chi connectivity index (χ1n) is 9.29. The lowest BCUT2D eigenvalue weighted by Gasteiger charge is -2.43. The van der Waals surface area contributed by atoms with Crippen LogP contribution < -0.4 is 5.32 Å². The van der Waals surface area contributed by atoms with Crippen molar-refractivity contribution in [3.05, 3.63) is 48.0 Å². The summed E-state index contributed by atoms with van der Waals surface area (Å²) in [6.45, 7) is 5.41. The van der Waals surface area contributed by atoms with Crippen LogP contribution >= 0.6 is 0 Å². The zero-order valence-corrected chi connectivity index (χ0v) is 14.9. The highest BCUT2D eigenvalue weighted by Gasteiger charge is 2.38. The average Bonchev–Trinajstić information content (AvgIpc) is 3.07. The number of ether oxygens (including phenoxy) is 2. The topological polar surface area (TPSA) is 48.3 Å². The van der Waals surface area contributed by atoms with Gasteiger partial charge in [0, 0.05) is 44.8 Å². The van der Waals surface area contributed by atoms with E-state index in [1.165, 1.54) is 11.3 Å². The van der Waals surface area contributed by atoms with Gasteiger partial charge in [0.1, 0.15) is 5.82 Å². The SMILES string of the molecule is Cc1nccn1-c1ccccc1CNC1CCOC2(CCOCC2)C1. The Morgan fingerprint density at radius 2 is 2.08 bits per heavy atom. The molecule has 0 bridgehead atoms. The van der Waals surface area contributed by atoms with E-state index in [4.69, 9.17) is 9.47 Å². The molecule has 0 radical (unpaired) electrons. The zero-order chi connectivity index (χ0) is 17.1. The van der Waals surface area contributed by atoms with Gasteiger partial charge in [0.05, 0.1) is 11.3 Å². The van der Waals surface area contributed by atoms with E-state index in [1.807, 2.05) is 19.3 Å². The third-order valence-corrected chi connectivity index (χ3v) is 5.56. The summed E-state index contributed by atoms with van der Waals surface area (Å²) in [4.78, 5) is 4.36. The minimum absolute atomic E-state index is 0.0363. The fourth-order valence-electron chi connectivity index (χ4n) is 4.08. The van der Waals surface area contributed by atoms with Crippen molar-refractivity contribution in [3.63, 3.8) is 0 Å². The zero-order valence-electron chi connectivity index (χ0n) is 14.9. The number of aryl methyl sites for hydroxylation is 1. The maximum Gasteiger partial charge on any atom is 0.110 e. The largest absolute Gasteiger partial charge is 0.381 e. The van der Waals surface area contributed by atoms with Crippen LogP contribution in [0.1, 0.15) is 37.1 Å². The van der Waals surface area contributed by atoms with Gasteiger partial charge in [-0.25, -0.2) is 4.98 Å². The minimum atomic E-state index is 0.0363. The minimum Gasteiger partial charge on any atom is -0.381 e. The smallest absolute Gasteiger partial charge is 0.110 e. The van der Waals surface area contributed by atoms with Crippen molar-refractivity contribution in [1.82, 2.24) is 14.9 Å². The monoisotopic (exact) mass is 341 g/mol. The van der Waals surface area contributed by atoms with Gasteiger partial charge in [-0.3, -0.25) is 0 Å². The maximum absolute atomic E-state index is 6.15. The highest BCUT2D eigenvalue weighted by molar-refractivity contribution is 5.42. The maximum atomic E-state index is 6.15. The molecule has 1 N–H and O–H groups in total. The second-order valence-electron chi connectivity index (χ2n) is 7.19. The van der Waals surface area contributed by atoms with Crippen LogP contribution in [0.4, 0.5) is 0 Å². The van der Waals surface area contributed by atoms with E-state index in [1.54, 1.807) is 0 Å². The first-order chi connectivity index (χ1) is 12.3. The van der Waals surface area contributed by atoms with Gasteiger partial charge in [-0.15, -0.1) is 0 Å². The second kappa shape index (κ2) is 7.28. The van der Waals surface area contributed by atoms with Crippen LogP contribution in [-0.2, 0) is 16.0 Å². The standard InChI is InChI=1S/C20H27N3O2/c1-16-21-9-10-23(16)19-5-3-2-4-17(19)15-22-18-6-11-25-20(14-18)7-12-24-13-8-20/h2-5,9-10,18,22H,6-8,11-15H2,1H3. The number of imidazole rings is 1. The molecule has 2 aliphatic rings. The van der Waals surface area contributed by atoms with Crippen molar-refractivity contribution < 1.29 is 9.47 Å². The molecule has 0 aliphatic carbocycles. The number of nitrogens with one attached hydrogen (secondary N) is 1. The molecule has 5 heteroatoms. The molecule has 2 fully saturated rings. The number of nitrogens with zero attached hydrogens (tertiary/aromatic N) is 2. The molecular weight excluding hydrogens is 314 g/mol. The lowest BCUT2D eigenvalue weighted by Crippen LogP contribution is -2.49. The van der Waals surface area contributed by atoms with Crippen LogP contribution in [0.2, 0.25) is 0 Å². The van der Waals surface area contributed by atoms with Crippen molar-refractivity contribution in [1.29, 1.82) is 0 Å². The number of para-hydroxylation sites is 1. The fourth-order valence-corrected chi connectivity index (χ4v) is 4.08. The molecule has 0 saturated carbocycles. The number of rotatable bonds is 4. The molecule has 1 aromatic heterocycles. The van der Waals surface area contributed by atoms with Crippen molar-refractivity contribution in [2.45, 2.75) is 50.8 Å². The van der Waals surface area contributed by atoms with Gasteiger partial charge in [0.25, 0.3) is 0 Å². The molecule has 1 atom stereocenters. The third-order valence-electron chi connectivity index (χ3n) is 5.56. The summed E-state index contributed by atoms with van der Waals surface area (Å²) in [5, 5.41) is 3.78. The van der Waals surface area contributed by atoms with Crippen LogP contribution in [0.25, 0.3) is 5.69 Å². The Bertz CT molecular complexity index is 701. The molecular formula is C20H27N3O2. The van der Waals surface area contributed by atoms with Gasteiger partial charge in [-0.1, -0.05) is 18.2 Å². The lowest BCUT2D eigenvalue weighted by atomic mass is 9.84. The summed E-state index contributed by atoms with van der Waals surface area (Å²) in [7, 11) is 0. The summed E-state index contributed by atoms with van der Waals surface area (Å²) in [5.74, 6) is 1.01. The van der Waals surface area contributed by atoms with E-state index in [0.29, 0.717) is 6.04 Å². The fraction of sp³-hybridized carbons (Fsp3) is 0.550. The third kappa shape index (κ3) is 3.64. The summed E-state index contributed by atoms with van der Waals surface area (Å²) >= 11 is 0. The highest BCUT2D eigenvalue weighted by Crippen LogP contribution is 2.34. The normalized spacial score (nSPS) is 23.0. The highest BCUT2D eigenvalue weighted by atomic mass is 16.5. The molecule has 0 amide bonds. The van der Waals surface area contributed by atoms with Crippen LogP contribution in [-0.4, -0.2) is 41.0 Å². The summed E-state index contributed by atoms with van der Waals surface area (Å²) in [6, 6.07) is 9.06. The van der Waals surface area contributed by atoms with Gasteiger partial charge >= 0.3 is 0 Å². The van der Waals surface area contributed by atoms with Crippen LogP contribution in [0.15, 0.2) is 36.7 Å². The Balaban J connectivity index is 1.44. The van der Waals surface area contributed by atoms with Gasteiger partial charge in [-0.2, -0.15) is 0 Å². The predicted molar refractivity (Wildman–Crippen MR) is 96.9 cm³/mol. The molecule has 4 rings (SSSR count). The van der Waals surface area contributed by atoms with Crippen LogP contribution in [0, 0.1) is 6.92 Å². The summed E-state index contributed by atoms with van der Waals surface area (Å²) < 4.78 is 13.8. The van der Waals surface area contributed by atoms with Gasteiger partial charge < -0.3 is 19.4 Å². The molecule has 1 aromatic carbocycles. The lowest BCUT2D eigenvalue weighted by molar-refractivity contribution is -0.140. The van der Waals surface area contributed by atoms with E-state index < -0.39 is 0 Å².